The van der Waals surface area contributed by atoms with Crippen molar-refractivity contribution in [2.75, 3.05) is 43.5 Å². The molecule has 4 heterocycles. The lowest BCUT2D eigenvalue weighted by Gasteiger charge is -2.31. The van der Waals surface area contributed by atoms with E-state index in [1.165, 1.54) is 0 Å². The Bertz CT molecular complexity index is 889. The first-order valence-electron chi connectivity index (χ1n) is 10.2. The molecular weight excluding hydrogens is 399 g/mol. The molecule has 4 rings (SSSR count). The molecule has 2 fully saturated rings. The van der Waals surface area contributed by atoms with E-state index in [0.29, 0.717) is 19.8 Å². The summed E-state index contributed by atoms with van der Waals surface area (Å²) in [6.45, 7) is 6.93. The van der Waals surface area contributed by atoms with E-state index in [4.69, 9.17) is 9.84 Å². The number of alkyl halides is 3. The van der Waals surface area contributed by atoms with E-state index >= 15 is 0 Å². The number of piperidine rings is 1. The highest BCUT2D eigenvalue weighted by molar-refractivity contribution is 5.63. The van der Waals surface area contributed by atoms with E-state index in [-0.39, 0.29) is 23.7 Å². The average Bonchev–Trinajstić information content (AvgIpc) is 2.96. The predicted octanol–water partition coefficient (Wildman–Crippen LogP) is 3.21. The molecule has 0 radical (unpaired) electrons. The van der Waals surface area contributed by atoms with Crippen LogP contribution in [0.1, 0.15) is 48.7 Å². The van der Waals surface area contributed by atoms with Gasteiger partial charge in [0, 0.05) is 25.2 Å². The van der Waals surface area contributed by atoms with Gasteiger partial charge in [0.1, 0.15) is 11.4 Å². The van der Waals surface area contributed by atoms with Crippen LogP contribution >= 0.6 is 0 Å². The first-order chi connectivity index (χ1) is 14.4. The van der Waals surface area contributed by atoms with Crippen molar-refractivity contribution in [3.8, 4) is 0 Å². The fraction of sp³-hybridized carbons (Fsp3) is 0.632. The largest absolute Gasteiger partial charge is 0.421 e. The Kier molecular flexibility index (Phi) is 5.83. The summed E-state index contributed by atoms with van der Waals surface area (Å²) in [6, 6.07) is 0.169. The van der Waals surface area contributed by atoms with Crippen LogP contribution in [-0.2, 0) is 10.9 Å². The maximum absolute atomic E-state index is 13.3. The number of hydrogen-bond donors (Lipinski definition) is 3. The van der Waals surface area contributed by atoms with Gasteiger partial charge in [0.05, 0.1) is 36.3 Å². The molecule has 1 atom stereocenters. The Hall–Kier alpha value is -2.40. The van der Waals surface area contributed by atoms with E-state index in [0.717, 1.165) is 49.2 Å². The first-order valence-corrected chi connectivity index (χ1v) is 10.2. The Labute approximate surface area is 172 Å². The molecule has 2 aromatic heterocycles. The number of aryl methyl sites for hydroxylation is 1. The van der Waals surface area contributed by atoms with Gasteiger partial charge in [-0.1, -0.05) is 0 Å². The third kappa shape index (κ3) is 4.08. The summed E-state index contributed by atoms with van der Waals surface area (Å²) in [5, 5.41) is 14.0. The maximum Gasteiger partial charge on any atom is 0.421 e. The molecule has 30 heavy (non-hydrogen) atoms. The number of aromatic nitrogens is 4. The number of ether oxygens (including phenoxy) is 1. The standard InChI is InChI=1S/C19H26F3N7O/c1-3-24-17-14(19(20,21)22)8-25-18(27-17)26-15-11(2)28-29(13-9-30-10-13)16(15)12-5-4-6-23-7-12/h8,12-13,23H,3-7,9-10H2,1-2H3,(H2,24,25,26,27). The Morgan fingerprint density at radius 1 is 1.33 bits per heavy atom. The quantitative estimate of drug-likeness (QED) is 0.655. The molecule has 11 heteroatoms. The molecule has 0 aliphatic carbocycles. The fourth-order valence-electron chi connectivity index (χ4n) is 3.90. The van der Waals surface area contributed by atoms with Gasteiger partial charge in [0.25, 0.3) is 0 Å². The van der Waals surface area contributed by atoms with Crippen molar-refractivity contribution in [3.05, 3.63) is 23.1 Å². The van der Waals surface area contributed by atoms with Gasteiger partial charge in [-0.05, 0) is 33.2 Å². The first kappa shape index (κ1) is 20.9. The van der Waals surface area contributed by atoms with Crippen LogP contribution in [-0.4, -0.2) is 52.6 Å². The topological polar surface area (TPSA) is 88.9 Å². The van der Waals surface area contributed by atoms with Crippen molar-refractivity contribution >= 4 is 17.5 Å². The van der Waals surface area contributed by atoms with Crippen LogP contribution < -0.4 is 16.0 Å². The Balaban J connectivity index is 1.70. The summed E-state index contributed by atoms with van der Waals surface area (Å²) in [4.78, 5) is 8.05. The van der Waals surface area contributed by atoms with Gasteiger partial charge in [-0.25, -0.2) is 4.98 Å². The maximum atomic E-state index is 13.3. The number of anilines is 3. The summed E-state index contributed by atoms with van der Waals surface area (Å²) >= 11 is 0. The average molecular weight is 425 g/mol. The second-order valence-electron chi connectivity index (χ2n) is 7.63. The zero-order chi connectivity index (χ0) is 21.3. The van der Waals surface area contributed by atoms with Gasteiger partial charge in [0.2, 0.25) is 5.95 Å². The van der Waals surface area contributed by atoms with Crippen molar-refractivity contribution < 1.29 is 17.9 Å². The zero-order valence-corrected chi connectivity index (χ0v) is 17.0. The van der Waals surface area contributed by atoms with Gasteiger partial charge in [-0.3, -0.25) is 4.68 Å². The molecule has 0 amide bonds. The molecule has 1 unspecified atom stereocenters. The van der Waals surface area contributed by atoms with E-state index in [2.05, 4.69) is 25.9 Å². The van der Waals surface area contributed by atoms with Crippen molar-refractivity contribution in [1.82, 2.24) is 25.1 Å². The smallest absolute Gasteiger partial charge is 0.377 e. The second-order valence-corrected chi connectivity index (χ2v) is 7.63. The molecule has 164 valence electrons. The summed E-state index contributed by atoms with van der Waals surface area (Å²) in [7, 11) is 0. The van der Waals surface area contributed by atoms with Crippen LogP contribution in [0.3, 0.4) is 0 Å². The molecule has 3 N–H and O–H groups in total. The third-order valence-corrected chi connectivity index (χ3v) is 5.45. The molecule has 2 aliphatic rings. The summed E-state index contributed by atoms with van der Waals surface area (Å²) in [6.07, 6.45) is -1.65. The van der Waals surface area contributed by atoms with E-state index in [9.17, 15) is 13.2 Å². The molecule has 0 aromatic carbocycles. The number of nitrogens with one attached hydrogen (secondary N) is 3. The molecule has 2 aliphatic heterocycles. The minimum atomic E-state index is -4.53. The van der Waals surface area contributed by atoms with E-state index in [1.807, 2.05) is 11.6 Å². The predicted molar refractivity (Wildman–Crippen MR) is 106 cm³/mol. The summed E-state index contributed by atoms with van der Waals surface area (Å²) in [5.41, 5.74) is 1.67. The van der Waals surface area contributed by atoms with Crippen LogP contribution in [0.5, 0.6) is 0 Å². The van der Waals surface area contributed by atoms with Crippen LogP contribution in [0.2, 0.25) is 0 Å². The molecule has 0 spiro atoms. The molecular formula is C19H26F3N7O. The van der Waals surface area contributed by atoms with E-state index in [1.54, 1.807) is 6.92 Å². The minimum absolute atomic E-state index is 0.108. The lowest BCUT2D eigenvalue weighted by atomic mass is 9.94. The van der Waals surface area contributed by atoms with Crippen molar-refractivity contribution in [1.29, 1.82) is 0 Å². The van der Waals surface area contributed by atoms with Crippen molar-refractivity contribution in [2.24, 2.45) is 0 Å². The van der Waals surface area contributed by atoms with Crippen LogP contribution in [0.4, 0.5) is 30.6 Å². The Morgan fingerprint density at radius 2 is 2.13 bits per heavy atom. The van der Waals surface area contributed by atoms with Crippen molar-refractivity contribution in [3.63, 3.8) is 0 Å². The van der Waals surface area contributed by atoms with Gasteiger partial charge >= 0.3 is 6.18 Å². The number of rotatable bonds is 6. The lowest BCUT2D eigenvalue weighted by Crippen LogP contribution is -2.36. The molecule has 2 aromatic rings. The number of nitrogens with zero attached hydrogens (tertiary/aromatic N) is 4. The lowest BCUT2D eigenvalue weighted by molar-refractivity contribution is -0.137. The fourth-order valence-corrected chi connectivity index (χ4v) is 3.90. The highest BCUT2D eigenvalue weighted by Gasteiger charge is 2.36. The number of halogens is 3. The summed E-state index contributed by atoms with van der Waals surface area (Å²) in [5.74, 6) is 0.114. The highest BCUT2D eigenvalue weighted by atomic mass is 19.4. The molecule has 8 nitrogen and oxygen atoms in total. The second kappa shape index (κ2) is 8.38. The monoisotopic (exact) mass is 425 g/mol. The third-order valence-electron chi connectivity index (χ3n) is 5.45. The summed E-state index contributed by atoms with van der Waals surface area (Å²) < 4.78 is 47.2. The minimum Gasteiger partial charge on any atom is -0.377 e. The van der Waals surface area contributed by atoms with Gasteiger partial charge in [0.15, 0.2) is 0 Å². The number of hydrogen-bond acceptors (Lipinski definition) is 7. The van der Waals surface area contributed by atoms with Crippen LogP contribution in [0, 0.1) is 6.92 Å². The van der Waals surface area contributed by atoms with E-state index < -0.39 is 11.7 Å². The Morgan fingerprint density at radius 3 is 2.73 bits per heavy atom. The van der Waals surface area contributed by atoms with Crippen LogP contribution in [0.25, 0.3) is 0 Å². The van der Waals surface area contributed by atoms with Crippen molar-refractivity contribution in [2.45, 2.75) is 44.8 Å². The normalized spacial score (nSPS) is 20.1. The molecule has 2 saturated heterocycles. The molecule has 0 saturated carbocycles. The van der Waals surface area contributed by atoms with Crippen LogP contribution in [0.15, 0.2) is 6.20 Å². The van der Waals surface area contributed by atoms with Gasteiger partial charge < -0.3 is 20.7 Å². The SMILES string of the molecule is CCNc1nc(Nc2c(C)nn(C3COC3)c2C2CCCNC2)ncc1C(F)(F)F. The zero-order valence-electron chi connectivity index (χ0n) is 17.0. The van der Waals surface area contributed by atoms with Gasteiger partial charge in [-0.15, -0.1) is 0 Å². The highest BCUT2D eigenvalue weighted by Crippen LogP contribution is 2.38. The van der Waals surface area contributed by atoms with Gasteiger partial charge in [-0.2, -0.15) is 23.3 Å². The molecule has 0 bridgehead atoms.